The first-order valence-corrected chi connectivity index (χ1v) is 10.5. The molecule has 144 valence electrons. The van der Waals surface area contributed by atoms with E-state index in [0.717, 1.165) is 17.9 Å². The lowest BCUT2D eigenvalue weighted by Gasteiger charge is -2.23. The van der Waals surface area contributed by atoms with E-state index >= 15 is 0 Å². The summed E-state index contributed by atoms with van der Waals surface area (Å²) in [5, 5.41) is 0.393. The zero-order valence-corrected chi connectivity index (χ0v) is 17.7. The molecule has 0 aromatic heterocycles. The summed E-state index contributed by atoms with van der Waals surface area (Å²) in [5.41, 5.74) is 3.45. The van der Waals surface area contributed by atoms with Crippen LogP contribution in [0.25, 0.3) is 0 Å². The van der Waals surface area contributed by atoms with Gasteiger partial charge in [-0.15, -0.1) is 11.8 Å². The molecule has 1 rings (SSSR count). The zero-order chi connectivity index (χ0) is 19.7. The third-order valence-electron chi connectivity index (χ3n) is 3.60. The first-order chi connectivity index (χ1) is 12.2. The van der Waals surface area contributed by atoms with Gasteiger partial charge in [0.2, 0.25) is 0 Å². The van der Waals surface area contributed by atoms with Crippen molar-refractivity contribution in [2.45, 2.75) is 39.4 Å². The van der Waals surface area contributed by atoms with Gasteiger partial charge in [-0.3, -0.25) is 0 Å². The third-order valence-corrected chi connectivity index (χ3v) is 6.06. The SMILES string of the molecule is C=C(C)C(=O)OCCSC1=C(C)CC(SCCOC(=O)C(=C)C)C=C1C. The van der Waals surface area contributed by atoms with Crippen molar-refractivity contribution >= 4 is 35.5 Å². The van der Waals surface area contributed by atoms with Crippen LogP contribution in [0.2, 0.25) is 0 Å². The summed E-state index contributed by atoms with van der Waals surface area (Å²) in [6.45, 7) is 15.5. The predicted molar refractivity (Wildman–Crippen MR) is 111 cm³/mol. The molecule has 0 aromatic carbocycles. The van der Waals surface area contributed by atoms with E-state index in [9.17, 15) is 9.59 Å². The Kier molecular flexibility index (Phi) is 9.88. The van der Waals surface area contributed by atoms with Crippen LogP contribution in [0.3, 0.4) is 0 Å². The number of hydrogen-bond acceptors (Lipinski definition) is 6. The Hall–Kier alpha value is -1.40. The third kappa shape index (κ3) is 7.87. The van der Waals surface area contributed by atoms with Gasteiger partial charge in [0.05, 0.1) is 0 Å². The summed E-state index contributed by atoms with van der Waals surface area (Å²) in [6.07, 6.45) is 3.24. The Morgan fingerprint density at radius 2 is 1.62 bits per heavy atom. The highest BCUT2D eigenvalue weighted by atomic mass is 32.2. The van der Waals surface area contributed by atoms with Gasteiger partial charge in [-0.1, -0.05) is 24.8 Å². The molecule has 6 heteroatoms. The fourth-order valence-electron chi connectivity index (χ4n) is 2.35. The highest BCUT2D eigenvalue weighted by molar-refractivity contribution is 8.03. The zero-order valence-electron chi connectivity index (χ0n) is 16.1. The molecule has 1 aliphatic rings. The van der Waals surface area contributed by atoms with Crippen molar-refractivity contribution in [2.75, 3.05) is 24.7 Å². The van der Waals surface area contributed by atoms with Crippen molar-refractivity contribution in [1.29, 1.82) is 0 Å². The van der Waals surface area contributed by atoms with Gasteiger partial charge in [-0.05, 0) is 39.7 Å². The lowest BCUT2D eigenvalue weighted by Crippen LogP contribution is -2.13. The summed E-state index contributed by atoms with van der Waals surface area (Å²) < 4.78 is 10.3. The number of esters is 2. The van der Waals surface area contributed by atoms with Crippen molar-refractivity contribution in [1.82, 2.24) is 0 Å². The maximum atomic E-state index is 11.4. The fraction of sp³-hybridized carbons (Fsp3) is 0.500. The standard InChI is InChI=1S/C20H28O4S2/c1-13(2)19(21)23-7-9-25-17-11-15(5)18(16(6)12-17)26-10-8-24-20(22)14(3)4/h11,17H,1,3,7-10,12H2,2,4-6H3. The van der Waals surface area contributed by atoms with Crippen molar-refractivity contribution in [3.05, 3.63) is 46.4 Å². The van der Waals surface area contributed by atoms with Gasteiger partial charge in [0, 0.05) is 32.8 Å². The second kappa shape index (κ2) is 11.3. The molecule has 0 N–H and O–H groups in total. The van der Waals surface area contributed by atoms with E-state index in [1.165, 1.54) is 16.1 Å². The minimum absolute atomic E-state index is 0.330. The van der Waals surface area contributed by atoms with E-state index in [-0.39, 0.29) is 11.9 Å². The van der Waals surface area contributed by atoms with Gasteiger partial charge in [0.25, 0.3) is 0 Å². The van der Waals surface area contributed by atoms with Gasteiger partial charge >= 0.3 is 11.9 Å². The van der Waals surface area contributed by atoms with E-state index in [1.807, 2.05) is 0 Å². The predicted octanol–water partition coefficient (Wildman–Crippen LogP) is 4.68. The van der Waals surface area contributed by atoms with Gasteiger partial charge in [-0.25, -0.2) is 9.59 Å². The molecule has 0 fully saturated rings. The number of rotatable bonds is 10. The first-order valence-electron chi connectivity index (χ1n) is 8.50. The van der Waals surface area contributed by atoms with Crippen LogP contribution in [-0.4, -0.2) is 41.9 Å². The molecule has 0 bridgehead atoms. The molecule has 1 unspecified atom stereocenters. The first kappa shape index (κ1) is 22.6. The molecule has 0 saturated heterocycles. The topological polar surface area (TPSA) is 52.6 Å². The molecule has 0 aromatic rings. The minimum atomic E-state index is -0.337. The fourth-order valence-corrected chi connectivity index (χ4v) is 4.49. The molecule has 4 nitrogen and oxygen atoms in total. The summed E-state index contributed by atoms with van der Waals surface area (Å²) in [4.78, 5) is 24.0. The van der Waals surface area contributed by atoms with E-state index < -0.39 is 0 Å². The minimum Gasteiger partial charge on any atom is -0.461 e. The Bertz CT molecular complexity index is 632. The number of allylic oxidation sites excluding steroid dienone is 2. The molecule has 0 aliphatic heterocycles. The van der Waals surface area contributed by atoms with E-state index in [1.54, 1.807) is 37.4 Å². The molecular weight excluding hydrogens is 368 g/mol. The highest BCUT2D eigenvalue weighted by Gasteiger charge is 2.18. The maximum Gasteiger partial charge on any atom is 0.333 e. The molecule has 0 heterocycles. The summed E-state index contributed by atoms with van der Waals surface area (Å²) in [7, 11) is 0. The van der Waals surface area contributed by atoms with E-state index in [0.29, 0.717) is 29.6 Å². The van der Waals surface area contributed by atoms with Crippen LogP contribution in [0.5, 0.6) is 0 Å². The Morgan fingerprint density at radius 3 is 2.12 bits per heavy atom. The Morgan fingerprint density at radius 1 is 1.08 bits per heavy atom. The number of carbonyl (C=O) groups is 2. The van der Waals surface area contributed by atoms with Gasteiger partial charge in [-0.2, -0.15) is 11.8 Å². The van der Waals surface area contributed by atoms with Crippen LogP contribution in [0.15, 0.2) is 46.4 Å². The van der Waals surface area contributed by atoms with Crippen molar-refractivity contribution in [3.63, 3.8) is 0 Å². The van der Waals surface area contributed by atoms with Crippen LogP contribution in [0.4, 0.5) is 0 Å². The van der Waals surface area contributed by atoms with Crippen LogP contribution < -0.4 is 0 Å². The monoisotopic (exact) mass is 396 g/mol. The highest BCUT2D eigenvalue weighted by Crippen LogP contribution is 2.37. The molecule has 0 radical (unpaired) electrons. The molecule has 26 heavy (non-hydrogen) atoms. The lowest BCUT2D eigenvalue weighted by atomic mass is 10.0. The van der Waals surface area contributed by atoms with Crippen molar-refractivity contribution in [2.24, 2.45) is 0 Å². The molecular formula is C20H28O4S2. The average Bonchev–Trinajstić information content (AvgIpc) is 2.56. The largest absolute Gasteiger partial charge is 0.461 e. The van der Waals surface area contributed by atoms with Crippen LogP contribution >= 0.6 is 23.5 Å². The van der Waals surface area contributed by atoms with E-state index in [4.69, 9.17) is 9.47 Å². The smallest absolute Gasteiger partial charge is 0.333 e. The van der Waals surface area contributed by atoms with Crippen LogP contribution in [-0.2, 0) is 19.1 Å². The molecule has 0 spiro atoms. The number of ether oxygens (including phenoxy) is 2. The second-order valence-corrected chi connectivity index (χ2v) is 8.71. The Labute approximate surface area is 165 Å². The molecule has 1 atom stereocenters. The average molecular weight is 397 g/mol. The van der Waals surface area contributed by atoms with Crippen molar-refractivity contribution in [3.8, 4) is 0 Å². The summed E-state index contributed by atoms with van der Waals surface area (Å²) >= 11 is 3.51. The van der Waals surface area contributed by atoms with Gasteiger partial charge in [0.1, 0.15) is 13.2 Å². The van der Waals surface area contributed by atoms with E-state index in [2.05, 4.69) is 33.1 Å². The maximum absolute atomic E-state index is 11.4. The van der Waals surface area contributed by atoms with Gasteiger partial charge in [0.15, 0.2) is 0 Å². The lowest BCUT2D eigenvalue weighted by molar-refractivity contribution is -0.139. The number of carbonyl (C=O) groups excluding carboxylic acids is 2. The molecule has 1 aliphatic carbocycles. The van der Waals surface area contributed by atoms with Crippen LogP contribution in [0, 0.1) is 0 Å². The summed E-state index contributed by atoms with van der Waals surface area (Å²) in [6, 6.07) is 0. The quantitative estimate of drug-likeness (QED) is 0.303. The second-order valence-electron chi connectivity index (χ2n) is 6.25. The number of thioether (sulfide) groups is 2. The van der Waals surface area contributed by atoms with Gasteiger partial charge < -0.3 is 9.47 Å². The number of hydrogen-bond donors (Lipinski definition) is 0. The summed E-state index contributed by atoms with van der Waals surface area (Å²) in [5.74, 6) is 0.824. The van der Waals surface area contributed by atoms with Crippen molar-refractivity contribution < 1.29 is 19.1 Å². The Balaban J connectivity index is 2.37. The van der Waals surface area contributed by atoms with Crippen LogP contribution in [0.1, 0.15) is 34.1 Å². The normalized spacial score (nSPS) is 16.8. The molecule has 0 saturated carbocycles. The molecule has 0 amide bonds.